The molecule has 0 radical (unpaired) electrons. The first-order valence-electron chi connectivity index (χ1n) is 5.41. The number of halogens is 1. The summed E-state index contributed by atoms with van der Waals surface area (Å²) in [5, 5.41) is 8.98. The minimum Gasteiger partial charge on any atom is -0.496 e. The zero-order valence-corrected chi connectivity index (χ0v) is 11.3. The number of hydrogen-bond acceptors (Lipinski definition) is 3. The number of carbonyl (C=O) groups excluding carboxylic acids is 1. The Balaban J connectivity index is 2.98. The summed E-state index contributed by atoms with van der Waals surface area (Å²) in [6.07, 6.45) is 3.72. The summed E-state index contributed by atoms with van der Waals surface area (Å²) in [5.74, 6) is -0.952. The minimum absolute atomic E-state index is 0.308. The van der Waals surface area contributed by atoms with Crippen LogP contribution in [0.25, 0.3) is 0 Å². The second kappa shape index (κ2) is 6.75. The summed E-state index contributed by atoms with van der Waals surface area (Å²) in [5.41, 5.74) is 0.788. The maximum Gasteiger partial charge on any atom is 0.328 e. The van der Waals surface area contributed by atoms with Gasteiger partial charge < -0.3 is 9.84 Å². The smallest absolute Gasteiger partial charge is 0.328 e. The van der Waals surface area contributed by atoms with Crippen LogP contribution >= 0.6 is 11.6 Å². The molecule has 1 N–H and O–H groups in total. The van der Waals surface area contributed by atoms with E-state index in [-0.39, 0.29) is 5.78 Å². The second-order valence-electron chi connectivity index (χ2n) is 3.77. The fourth-order valence-electron chi connectivity index (χ4n) is 1.41. The number of ketones is 1. The number of carbonyl (C=O) groups is 2. The van der Waals surface area contributed by atoms with Crippen LogP contribution in [-0.4, -0.2) is 24.0 Å². The largest absolute Gasteiger partial charge is 0.496 e. The molecule has 4 nitrogen and oxygen atoms in total. The average Bonchev–Trinajstić information content (AvgIpc) is 2.35. The fraction of sp³-hybridized carbons (Fsp3) is 0.143. The van der Waals surface area contributed by atoms with Gasteiger partial charge in [-0.3, -0.25) is 4.79 Å². The Labute approximate surface area is 116 Å². The van der Waals surface area contributed by atoms with Crippen molar-refractivity contribution in [1.82, 2.24) is 0 Å². The Bertz CT molecular complexity index is 559. The van der Waals surface area contributed by atoms with Gasteiger partial charge in [0.2, 0.25) is 0 Å². The summed E-state index contributed by atoms with van der Waals surface area (Å²) in [6, 6.07) is 4.73. The third-order valence-electron chi connectivity index (χ3n) is 2.28. The summed E-state index contributed by atoms with van der Waals surface area (Å²) in [4.78, 5) is 22.4. The van der Waals surface area contributed by atoms with Crippen LogP contribution in [-0.2, 0) is 4.79 Å². The molecular formula is C14H13ClO4. The molecule has 1 aromatic rings. The van der Waals surface area contributed by atoms with Gasteiger partial charge >= 0.3 is 5.97 Å². The minimum atomic E-state index is -1.06. The lowest BCUT2D eigenvalue weighted by Crippen LogP contribution is -1.99. The lowest BCUT2D eigenvalue weighted by atomic mass is 10.1. The Morgan fingerprint density at radius 3 is 2.58 bits per heavy atom. The Hall–Kier alpha value is -2.07. The monoisotopic (exact) mass is 280 g/mol. The highest BCUT2D eigenvalue weighted by molar-refractivity contribution is 6.31. The maximum atomic E-state index is 12.0. The van der Waals surface area contributed by atoms with Gasteiger partial charge in [0.15, 0.2) is 5.78 Å². The molecule has 0 aromatic heterocycles. The van der Waals surface area contributed by atoms with E-state index in [4.69, 9.17) is 21.4 Å². The average molecular weight is 281 g/mol. The van der Waals surface area contributed by atoms with Crippen molar-refractivity contribution in [3.05, 3.63) is 52.6 Å². The van der Waals surface area contributed by atoms with Gasteiger partial charge in [-0.1, -0.05) is 17.7 Å². The third kappa shape index (κ3) is 4.60. The molecule has 0 atom stereocenters. The normalized spacial score (nSPS) is 11.6. The Morgan fingerprint density at radius 1 is 1.32 bits per heavy atom. The first-order valence-corrected chi connectivity index (χ1v) is 5.79. The molecule has 1 aromatic carbocycles. The lowest BCUT2D eigenvalue weighted by Gasteiger charge is -2.05. The van der Waals surface area contributed by atoms with Crippen LogP contribution in [0.1, 0.15) is 17.3 Å². The molecule has 1 rings (SSSR count). The molecule has 0 aliphatic rings. The molecule has 0 aliphatic carbocycles. The van der Waals surface area contributed by atoms with Crippen LogP contribution < -0.4 is 4.74 Å². The van der Waals surface area contributed by atoms with Crippen molar-refractivity contribution < 1.29 is 19.4 Å². The predicted octanol–water partition coefficient (Wildman–Crippen LogP) is 3.12. The van der Waals surface area contributed by atoms with Crippen LogP contribution in [0.3, 0.4) is 0 Å². The third-order valence-corrected chi connectivity index (χ3v) is 2.51. The van der Waals surface area contributed by atoms with E-state index < -0.39 is 5.97 Å². The molecule has 0 bridgehead atoms. The molecular weight excluding hydrogens is 268 g/mol. The molecule has 5 heteroatoms. The lowest BCUT2D eigenvalue weighted by molar-refractivity contribution is -0.131. The van der Waals surface area contributed by atoms with Gasteiger partial charge in [-0.25, -0.2) is 4.79 Å². The number of carboxylic acids is 1. The van der Waals surface area contributed by atoms with E-state index in [0.717, 1.165) is 6.08 Å². The fourth-order valence-corrected chi connectivity index (χ4v) is 1.58. The molecule has 0 unspecified atom stereocenters. The number of methoxy groups -OCH3 is 1. The molecule has 0 fully saturated rings. The van der Waals surface area contributed by atoms with Gasteiger partial charge in [-0.2, -0.15) is 0 Å². The van der Waals surface area contributed by atoms with E-state index in [1.807, 2.05) is 0 Å². The van der Waals surface area contributed by atoms with Crippen LogP contribution in [0, 0.1) is 0 Å². The Morgan fingerprint density at radius 2 is 2.00 bits per heavy atom. The molecule has 0 saturated heterocycles. The highest BCUT2D eigenvalue weighted by Crippen LogP contribution is 2.23. The zero-order valence-electron chi connectivity index (χ0n) is 10.5. The number of ether oxygens (including phenoxy) is 1. The zero-order chi connectivity index (χ0) is 14.4. The first kappa shape index (κ1) is 15.0. The predicted molar refractivity (Wildman–Crippen MR) is 72.9 cm³/mol. The van der Waals surface area contributed by atoms with Gasteiger partial charge in [-0.15, -0.1) is 0 Å². The van der Waals surface area contributed by atoms with E-state index in [0.29, 0.717) is 21.9 Å². The van der Waals surface area contributed by atoms with E-state index >= 15 is 0 Å². The number of hydrogen-bond donors (Lipinski definition) is 1. The summed E-state index contributed by atoms with van der Waals surface area (Å²) in [7, 11) is 1.46. The summed E-state index contributed by atoms with van der Waals surface area (Å²) < 4.78 is 5.07. The molecule has 0 spiro atoms. The van der Waals surface area contributed by atoms with Crippen molar-refractivity contribution in [3.63, 3.8) is 0 Å². The van der Waals surface area contributed by atoms with Crippen LogP contribution in [0.15, 0.2) is 42.0 Å². The van der Waals surface area contributed by atoms with Crippen LogP contribution in [0.4, 0.5) is 0 Å². The van der Waals surface area contributed by atoms with Gasteiger partial charge in [-0.05, 0) is 36.8 Å². The van der Waals surface area contributed by atoms with Gasteiger partial charge in [0.1, 0.15) is 5.75 Å². The molecule has 0 heterocycles. The topological polar surface area (TPSA) is 63.6 Å². The highest BCUT2D eigenvalue weighted by atomic mass is 35.5. The molecule has 19 heavy (non-hydrogen) atoms. The van der Waals surface area contributed by atoms with Crippen molar-refractivity contribution in [3.8, 4) is 5.75 Å². The van der Waals surface area contributed by atoms with Gasteiger partial charge in [0.25, 0.3) is 0 Å². The van der Waals surface area contributed by atoms with Crippen LogP contribution in [0.2, 0.25) is 5.02 Å². The first-order chi connectivity index (χ1) is 8.93. The van der Waals surface area contributed by atoms with E-state index in [1.165, 1.54) is 25.3 Å². The summed E-state index contributed by atoms with van der Waals surface area (Å²) in [6.45, 7) is 1.59. The van der Waals surface area contributed by atoms with E-state index in [1.54, 1.807) is 19.1 Å². The van der Waals surface area contributed by atoms with Gasteiger partial charge in [0, 0.05) is 11.1 Å². The Kier molecular flexibility index (Phi) is 5.33. The van der Waals surface area contributed by atoms with E-state index in [2.05, 4.69) is 0 Å². The number of benzene rings is 1. The molecule has 0 amide bonds. The van der Waals surface area contributed by atoms with Crippen molar-refractivity contribution in [2.45, 2.75) is 6.92 Å². The summed E-state index contributed by atoms with van der Waals surface area (Å²) >= 11 is 5.83. The van der Waals surface area contributed by atoms with Crippen molar-refractivity contribution >= 4 is 23.4 Å². The molecule has 0 aliphatic heterocycles. The van der Waals surface area contributed by atoms with Crippen molar-refractivity contribution in [2.24, 2.45) is 0 Å². The molecule has 100 valence electrons. The quantitative estimate of drug-likeness (QED) is 0.511. The number of rotatable bonds is 5. The highest BCUT2D eigenvalue weighted by Gasteiger charge is 2.10. The van der Waals surface area contributed by atoms with Gasteiger partial charge in [0.05, 0.1) is 12.7 Å². The maximum absolute atomic E-state index is 12.0. The van der Waals surface area contributed by atoms with Crippen LogP contribution in [0.5, 0.6) is 5.75 Å². The molecule has 0 saturated carbocycles. The van der Waals surface area contributed by atoms with Crippen molar-refractivity contribution in [2.75, 3.05) is 7.11 Å². The number of allylic oxidation sites excluding steroid dienone is 3. The van der Waals surface area contributed by atoms with Crippen molar-refractivity contribution in [1.29, 1.82) is 0 Å². The number of carboxylic acid groups (broad SMARTS) is 1. The van der Waals surface area contributed by atoms with E-state index in [9.17, 15) is 9.59 Å². The second-order valence-corrected chi connectivity index (χ2v) is 4.21. The SMILES string of the molecule is COc1ccc(Cl)cc1C(=O)C=CC(C)=CC(=O)O. The number of aliphatic carboxylic acids is 1. The standard InChI is InChI=1S/C14H13ClO4/c1-9(7-14(17)18)3-5-12(16)11-8-10(15)4-6-13(11)19-2/h3-8H,1-2H3,(H,17,18).